The highest BCUT2D eigenvalue weighted by Gasteiger charge is 2.41. The van der Waals surface area contributed by atoms with Gasteiger partial charge in [-0.05, 0) is 30.2 Å². The first-order chi connectivity index (χ1) is 12.9. The molecule has 7 heteroatoms. The van der Waals surface area contributed by atoms with Crippen LogP contribution >= 0.6 is 0 Å². The molecule has 0 spiro atoms. The van der Waals surface area contributed by atoms with E-state index in [0.717, 1.165) is 0 Å². The van der Waals surface area contributed by atoms with Crippen molar-refractivity contribution in [2.75, 3.05) is 13.2 Å². The number of carbonyl (C=O) groups excluding carboxylic acids is 1. The minimum absolute atomic E-state index is 0.0182. The first-order valence-corrected chi connectivity index (χ1v) is 8.38. The summed E-state index contributed by atoms with van der Waals surface area (Å²) in [7, 11) is 0. The van der Waals surface area contributed by atoms with Gasteiger partial charge < -0.3 is 4.74 Å². The zero-order valence-electron chi connectivity index (χ0n) is 14.7. The van der Waals surface area contributed by atoms with Crippen molar-refractivity contribution in [2.45, 2.75) is 25.1 Å². The van der Waals surface area contributed by atoms with Gasteiger partial charge in [-0.25, -0.2) is 4.79 Å². The van der Waals surface area contributed by atoms with E-state index in [1.54, 1.807) is 37.3 Å². The molecule has 0 fully saturated rings. The fraction of sp³-hybridized carbons (Fsp3) is 0.300. The van der Waals surface area contributed by atoms with Gasteiger partial charge in [0.2, 0.25) is 0 Å². The maximum atomic E-state index is 13.6. The van der Waals surface area contributed by atoms with Crippen LogP contribution in [0.15, 0.2) is 54.6 Å². The topological polar surface area (TPSA) is 62.1 Å². The van der Waals surface area contributed by atoms with E-state index in [1.165, 1.54) is 24.3 Å². The molecule has 0 amide bonds. The number of hydrogen-bond acceptors (Lipinski definition) is 4. The molecule has 0 saturated heterocycles. The molecule has 0 aliphatic carbocycles. The summed E-state index contributed by atoms with van der Waals surface area (Å²) in [5.74, 6) is -2.46. The number of alkyl halides is 3. The first-order valence-electron chi connectivity index (χ1n) is 8.38. The molecule has 0 aromatic heterocycles. The molecule has 0 aliphatic rings. The van der Waals surface area contributed by atoms with Crippen LogP contribution in [0.1, 0.15) is 35.6 Å². The monoisotopic (exact) mass is 376 g/mol. The Hall–Kier alpha value is -2.85. The summed E-state index contributed by atoms with van der Waals surface area (Å²) >= 11 is 0. The van der Waals surface area contributed by atoms with Gasteiger partial charge in [-0.2, -0.15) is 18.4 Å². The van der Waals surface area contributed by atoms with Gasteiger partial charge in [0.05, 0.1) is 24.2 Å². The average Bonchev–Trinajstić information content (AvgIpc) is 2.65. The van der Waals surface area contributed by atoms with E-state index in [4.69, 9.17) is 10.00 Å². The van der Waals surface area contributed by atoms with Gasteiger partial charge in [0, 0.05) is 6.54 Å². The summed E-state index contributed by atoms with van der Waals surface area (Å²) < 4.78 is 45.7. The lowest BCUT2D eigenvalue weighted by Crippen LogP contribution is -2.37. The summed E-state index contributed by atoms with van der Waals surface area (Å²) in [5.41, 5.74) is 0.822. The Morgan fingerprint density at radius 1 is 1.11 bits per heavy atom. The van der Waals surface area contributed by atoms with Crippen molar-refractivity contribution in [3.63, 3.8) is 0 Å². The second-order valence-corrected chi connectivity index (χ2v) is 5.83. The van der Waals surface area contributed by atoms with E-state index < -0.39 is 30.7 Å². The van der Waals surface area contributed by atoms with Gasteiger partial charge in [-0.1, -0.05) is 42.5 Å². The van der Waals surface area contributed by atoms with Crippen LogP contribution in [0.5, 0.6) is 0 Å². The zero-order chi connectivity index (χ0) is 19.9. The molecule has 1 N–H and O–H groups in total. The maximum absolute atomic E-state index is 13.6. The highest BCUT2D eigenvalue weighted by molar-refractivity contribution is 5.77. The summed E-state index contributed by atoms with van der Waals surface area (Å²) in [5, 5.41) is 11.5. The van der Waals surface area contributed by atoms with Crippen molar-refractivity contribution in [3.05, 3.63) is 71.3 Å². The number of hydrogen-bond donors (Lipinski definition) is 1. The Balaban J connectivity index is 2.24. The number of halogens is 3. The fourth-order valence-electron chi connectivity index (χ4n) is 2.66. The van der Waals surface area contributed by atoms with E-state index in [0.29, 0.717) is 5.56 Å². The molecule has 27 heavy (non-hydrogen) atoms. The number of carbonyl (C=O) groups is 1. The molecule has 4 nitrogen and oxygen atoms in total. The maximum Gasteiger partial charge on any atom is 0.396 e. The minimum atomic E-state index is -4.52. The molecule has 0 aliphatic heterocycles. The third kappa shape index (κ3) is 5.56. The zero-order valence-corrected chi connectivity index (χ0v) is 14.7. The number of nitrogens with one attached hydrogen (secondary N) is 1. The van der Waals surface area contributed by atoms with Gasteiger partial charge in [0.25, 0.3) is 0 Å². The SMILES string of the molecule is CCOC(=O)C(NCC(c1ccc(C#N)cc1)C(F)(F)F)c1ccccc1. The lowest BCUT2D eigenvalue weighted by Gasteiger charge is -2.24. The summed E-state index contributed by atoms with van der Waals surface area (Å²) in [6.45, 7) is 1.26. The number of ether oxygens (including phenoxy) is 1. The molecule has 2 aromatic carbocycles. The second kappa shape index (κ2) is 9.19. The number of benzene rings is 2. The van der Waals surface area contributed by atoms with Gasteiger partial charge in [0.15, 0.2) is 0 Å². The molecule has 2 aromatic rings. The second-order valence-electron chi connectivity index (χ2n) is 5.83. The van der Waals surface area contributed by atoms with E-state index in [9.17, 15) is 18.0 Å². The van der Waals surface area contributed by atoms with Crippen molar-refractivity contribution in [3.8, 4) is 6.07 Å². The summed E-state index contributed by atoms with van der Waals surface area (Å²) in [6.07, 6.45) is -4.52. The molecule has 2 atom stereocenters. The van der Waals surface area contributed by atoms with Crippen molar-refractivity contribution < 1.29 is 22.7 Å². The molecule has 0 bridgehead atoms. The van der Waals surface area contributed by atoms with Crippen molar-refractivity contribution in [1.29, 1.82) is 5.26 Å². The lowest BCUT2D eigenvalue weighted by atomic mass is 9.96. The minimum Gasteiger partial charge on any atom is -0.465 e. The quantitative estimate of drug-likeness (QED) is 0.739. The lowest BCUT2D eigenvalue weighted by molar-refractivity contribution is -0.153. The van der Waals surface area contributed by atoms with Crippen LogP contribution in [0.2, 0.25) is 0 Å². The van der Waals surface area contributed by atoms with Crippen molar-refractivity contribution >= 4 is 5.97 Å². The molecule has 0 radical (unpaired) electrons. The molecule has 142 valence electrons. The number of nitrogens with zero attached hydrogens (tertiary/aromatic N) is 1. The molecule has 2 unspecified atom stereocenters. The predicted molar refractivity (Wildman–Crippen MR) is 93.8 cm³/mol. The molecule has 0 saturated carbocycles. The normalized spacial score (nSPS) is 13.4. The first kappa shape index (κ1) is 20.5. The van der Waals surface area contributed by atoms with Crippen LogP contribution < -0.4 is 5.32 Å². The van der Waals surface area contributed by atoms with Crippen LogP contribution in [0, 0.1) is 11.3 Å². The van der Waals surface area contributed by atoms with Crippen LogP contribution in [0.3, 0.4) is 0 Å². The highest BCUT2D eigenvalue weighted by atomic mass is 19.4. The van der Waals surface area contributed by atoms with Crippen LogP contribution in [0.25, 0.3) is 0 Å². The summed E-state index contributed by atoms with van der Waals surface area (Å²) in [6, 6.07) is 14.6. The van der Waals surface area contributed by atoms with Crippen molar-refractivity contribution in [2.24, 2.45) is 0 Å². The standard InChI is InChI=1S/C20H19F3N2O2/c1-2-27-19(26)18(16-6-4-3-5-7-16)25-13-17(20(21,22)23)15-10-8-14(12-24)9-11-15/h3-11,17-18,25H,2,13H2,1H3. The Morgan fingerprint density at radius 3 is 2.26 bits per heavy atom. The number of rotatable bonds is 7. The fourth-order valence-corrected chi connectivity index (χ4v) is 2.66. The Labute approximate surface area is 155 Å². The third-order valence-electron chi connectivity index (χ3n) is 4.02. The van der Waals surface area contributed by atoms with Gasteiger partial charge >= 0.3 is 12.1 Å². The largest absolute Gasteiger partial charge is 0.465 e. The number of nitriles is 1. The van der Waals surface area contributed by atoms with E-state index in [2.05, 4.69) is 5.32 Å². The third-order valence-corrected chi connectivity index (χ3v) is 4.02. The van der Waals surface area contributed by atoms with Gasteiger partial charge in [-0.15, -0.1) is 0 Å². The van der Waals surface area contributed by atoms with E-state index >= 15 is 0 Å². The average molecular weight is 376 g/mol. The van der Waals surface area contributed by atoms with Crippen molar-refractivity contribution in [1.82, 2.24) is 5.32 Å². The Morgan fingerprint density at radius 2 is 1.74 bits per heavy atom. The predicted octanol–water partition coefficient (Wildman–Crippen LogP) is 4.10. The Bertz CT molecular complexity index is 784. The van der Waals surface area contributed by atoms with Gasteiger partial charge in [-0.3, -0.25) is 5.32 Å². The molecular weight excluding hydrogens is 357 g/mol. The van der Waals surface area contributed by atoms with E-state index in [1.807, 2.05) is 6.07 Å². The smallest absolute Gasteiger partial charge is 0.396 e. The van der Waals surface area contributed by atoms with E-state index in [-0.39, 0.29) is 17.7 Å². The Kier molecular flexibility index (Phi) is 6.97. The highest BCUT2D eigenvalue weighted by Crippen LogP contribution is 2.35. The number of esters is 1. The van der Waals surface area contributed by atoms with Crippen LogP contribution in [-0.4, -0.2) is 25.3 Å². The van der Waals surface area contributed by atoms with Gasteiger partial charge in [0.1, 0.15) is 6.04 Å². The summed E-state index contributed by atoms with van der Waals surface area (Å²) in [4.78, 5) is 12.2. The van der Waals surface area contributed by atoms with Crippen LogP contribution in [0.4, 0.5) is 13.2 Å². The molecular formula is C20H19F3N2O2. The molecule has 0 heterocycles. The molecule has 2 rings (SSSR count). The van der Waals surface area contributed by atoms with Crippen LogP contribution in [-0.2, 0) is 9.53 Å².